The molecule has 0 spiro atoms. The van der Waals surface area contributed by atoms with Crippen LogP contribution in [-0.2, 0) is 4.79 Å². The van der Waals surface area contributed by atoms with Crippen molar-refractivity contribution >= 4 is 23.4 Å². The number of aromatic nitrogens is 1. The molecule has 1 aromatic heterocycles. The first-order valence-corrected chi connectivity index (χ1v) is 6.83. The Morgan fingerprint density at radius 3 is 2.50 bits per heavy atom. The van der Waals surface area contributed by atoms with Crippen molar-refractivity contribution in [2.75, 3.05) is 13.1 Å². The smallest absolute Gasteiger partial charge is 0.272 e. The third kappa shape index (κ3) is 5.17. The zero-order valence-corrected chi connectivity index (χ0v) is 13.0. The second-order valence-electron chi connectivity index (χ2n) is 5.46. The number of hydrogen-bond donors (Lipinski definition) is 1. The van der Waals surface area contributed by atoms with Crippen LogP contribution in [0.25, 0.3) is 0 Å². The van der Waals surface area contributed by atoms with Crippen LogP contribution in [0.1, 0.15) is 38.2 Å². The molecule has 0 aliphatic heterocycles. The Labute approximate surface area is 124 Å². The highest BCUT2D eigenvalue weighted by molar-refractivity contribution is 6.29. The van der Waals surface area contributed by atoms with E-state index < -0.39 is 0 Å². The van der Waals surface area contributed by atoms with Gasteiger partial charge in [0.15, 0.2) is 0 Å². The number of halogens is 1. The summed E-state index contributed by atoms with van der Waals surface area (Å²) in [7, 11) is 0. The van der Waals surface area contributed by atoms with E-state index in [9.17, 15) is 9.59 Å². The largest absolute Gasteiger partial charge is 0.350 e. The van der Waals surface area contributed by atoms with Crippen LogP contribution in [-0.4, -0.2) is 40.3 Å². The molecule has 2 amide bonds. The van der Waals surface area contributed by atoms with E-state index in [0.29, 0.717) is 6.54 Å². The van der Waals surface area contributed by atoms with Crippen LogP contribution >= 0.6 is 11.6 Å². The van der Waals surface area contributed by atoms with Gasteiger partial charge in [-0.05, 0) is 39.8 Å². The first-order valence-electron chi connectivity index (χ1n) is 6.46. The molecule has 110 valence electrons. The summed E-state index contributed by atoms with van der Waals surface area (Å²) in [5, 5.41) is 3.08. The highest BCUT2D eigenvalue weighted by atomic mass is 35.5. The molecule has 1 aromatic rings. The van der Waals surface area contributed by atoms with Gasteiger partial charge in [0, 0.05) is 12.1 Å². The summed E-state index contributed by atoms with van der Waals surface area (Å²) >= 11 is 5.77. The van der Waals surface area contributed by atoms with Crippen molar-refractivity contribution in [2.24, 2.45) is 0 Å². The average Bonchev–Trinajstić information content (AvgIpc) is 2.33. The SMILES string of the molecule is CCN(CC(=O)NC(C)(C)C)C(=O)c1cccc(Cl)n1. The van der Waals surface area contributed by atoms with E-state index in [1.54, 1.807) is 18.2 Å². The number of hydrogen-bond acceptors (Lipinski definition) is 3. The second kappa shape index (κ2) is 6.70. The van der Waals surface area contributed by atoms with E-state index >= 15 is 0 Å². The van der Waals surface area contributed by atoms with E-state index in [-0.39, 0.29) is 34.7 Å². The maximum atomic E-state index is 12.3. The third-order valence-corrected chi connectivity index (χ3v) is 2.66. The molecule has 5 nitrogen and oxygen atoms in total. The number of carbonyl (C=O) groups is 2. The summed E-state index contributed by atoms with van der Waals surface area (Å²) in [4.78, 5) is 29.5. The summed E-state index contributed by atoms with van der Waals surface area (Å²) in [6.45, 7) is 7.91. The van der Waals surface area contributed by atoms with Crippen LogP contribution < -0.4 is 5.32 Å². The molecule has 0 aliphatic rings. The van der Waals surface area contributed by atoms with E-state index in [2.05, 4.69) is 10.3 Å². The number of pyridine rings is 1. The standard InChI is InChI=1S/C14H20ClN3O2/c1-5-18(9-12(19)17-14(2,3)4)13(20)10-7-6-8-11(15)16-10/h6-8H,5,9H2,1-4H3,(H,17,19). The van der Waals surface area contributed by atoms with Crippen LogP contribution in [0.5, 0.6) is 0 Å². The maximum Gasteiger partial charge on any atom is 0.272 e. The fourth-order valence-corrected chi connectivity index (χ4v) is 1.81. The molecular weight excluding hydrogens is 278 g/mol. The van der Waals surface area contributed by atoms with Gasteiger partial charge in [-0.2, -0.15) is 0 Å². The van der Waals surface area contributed by atoms with E-state index in [4.69, 9.17) is 11.6 Å². The van der Waals surface area contributed by atoms with Crippen LogP contribution in [0.3, 0.4) is 0 Å². The lowest BCUT2D eigenvalue weighted by Gasteiger charge is -2.24. The Balaban J connectivity index is 2.76. The molecule has 20 heavy (non-hydrogen) atoms. The topological polar surface area (TPSA) is 62.3 Å². The molecule has 1 heterocycles. The van der Waals surface area contributed by atoms with Crippen molar-refractivity contribution in [1.29, 1.82) is 0 Å². The normalized spacial score (nSPS) is 11.1. The molecule has 1 rings (SSSR count). The minimum Gasteiger partial charge on any atom is -0.350 e. The number of nitrogens with one attached hydrogen (secondary N) is 1. The van der Waals surface area contributed by atoms with E-state index in [0.717, 1.165) is 0 Å². The van der Waals surface area contributed by atoms with Crippen molar-refractivity contribution in [1.82, 2.24) is 15.2 Å². The van der Waals surface area contributed by atoms with Gasteiger partial charge in [-0.15, -0.1) is 0 Å². The molecule has 0 bridgehead atoms. The summed E-state index contributed by atoms with van der Waals surface area (Å²) in [5.74, 6) is -0.506. The van der Waals surface area contributed by atoms with Gasteiger partial charge < -0.3 is 10.2 Å². The zero-order valence-electron chi connectivity index (χ0n) is 12.2. The summed E-state index contributed by atoms with van der Waals surface area (Å²) in [6.07, 6.45) is 0. The third-order valence-electron chi connectivity index (χ3n) is 2.45. The van der Waals surface area contributed by atoms with E-state index in [1.165, 1.54) is 4.90 Å². The maximum absolute atomic E-state index is 12.3. The van der Waals surface area contributed by atoms with Gasteiger partial charge in [-0.25, -0.2) is 4.98 Å². The van der Waals surface area contributed by atoms with E-state index in [1.807, 2.05) is 27.7 Å². The minimum absolute atomic E-state index is 0.000790. The van der Waals surface area contributed by atoms with Crippen molar-refractivity contribution in [3.8, 4) is 0 Å². The summed E-state index contributed by atoms with van der Waals surface area (Å²) in [6, 6.07) is 4.84. The minimum atomic E-state index is -0.326. The molecule has 0 unspecified atom stereocenters. The quantitative estimate of drug-likeness (QED) is 0.866. The van der Waals surface area contributed by atoms with Gasteiger partial charge in [0.05, 0.1) is 6.54 Å². The molecule has 0 fully saturated rings. The lowest BCUT2D eigenvalue weighted by molar-refractivity contribution is -0.123. The molecule has 0 saturated heterocycles. The molecule has 0 radical (unpaired) electrons. The highest BCUT2D eigenvalue weighted by Crippen LogP contribution is 2.08. The number of carbonyl (C=O) groups excluding carboxylic acids is 2. The summed E-state index contributed by atoms with van der Waals surface area (Å²) in [5.41, 5.74) is -0.0867. The van der Waals surface area contributed by atoms with Crippen molar-refractivity contribution in [3.63, 3.8) is 0 Å². The van der Waals surface area contributed by atoms with Crippen LogP contribution in [0.2, 0.25) is 5.15 Å². The van der Waals surface area contributed by atoms with Crippen LogP contribution in [0.15, 0.2) is 18.2 Å². The lowest BCUT2D eigenvalue weighted by atomic mass is 10.1. The predicted octanol–water partition coefficient (Wildman–Crippen LogP) is 2.11. The Kier molecular flexibility index (Phi) is 5.51. The molecule has 0 saturated carbocycles. The van der Waals surface area contributed by atoms with Crippen molar-refractivity contribution in [3.05, 3.63) is 29.0 Å². The van der Waals surface area contributed by atoms with Crippen molar-refractivity contribution < 1.29 is 9.59 Å². The molecule has 6 heteroatoms. The molecule has 0 aliphatic carbocycles. The van der Waals surface area contributed by atoms with Gasteiger partial charge >= 0.3 is 0 Å². The number of amides is 2. The summed E-state index contributed by atoms with van der Waals surface area (Å²) < 4.78 is 0. The van der Waals surface area contributed by atoms with Gasteiger partial charge in [0.1, 0.15) is 10.8 Å². The zero-order chi connectivity index (χ0) is 15.3. The Hall–Kier alpha value is -1.62. The fourth-order valence-electron chi connectivity index (χ4n) is 1.65. The van der Waals surface area contributed by atoms with Gasteiger partial charge in [0.25, 0.3) is 5.91 Å². The first kappa shape index (κ1) is 16.4. The van der Waals surface area contributed by atoms with Gasteiger partial charge in [-0.3, -0.25) is 9.59 Å². The molecule has 0 atom stereocenters. The van der Waals surface area contributed by atoms with Crippen molar-refractivity contribution in [2.45, 2.75) is 33.2 Å². The second-order valence-corrected chi connectivity index (χ2v) is 5.85. The fraction of sp³-hybridized carbons (Fsp3) is 0.500. The molecular formula is C14H20ClN3O2. The molecule has 0 aromatic carbocycles. The number of rotatable bonds is 4. The Morgan fingerprint density at radius 2 is 2.00 bits per heavy atom. The average molecular weight is 298 g/mol. The Morgan fingerprint density at radius 1 is 1.35 bits per heavy atom. The number of likely N-dealkylation sites (N-methyl/N-ethyl adjacent to an activating group) is 1. The lowest BCUT2D eigenvalue weighted by Crippen LogP contribution is -2.47. The number of nitrogens with zero attached hydrogens (tertiary/aromatic N) is 2. The highest BCUT2D eigenvalue weighted by Gasteiger charge is 2.21. The van der Waals surface area contributed by atoms with Crippen LogP contribution in [0, 0.1) is 0 Å². The van der Waals surface area contributed by atoms with Gasteiger partial charge in [-0.1, -0.05) is 17.7 Å². The first-order chi connectivity index (χ1) is 9.23. The van der Waals surface area contributed by atoms with Crippen LogP contribution in [0.4, 0.5) is 0 Å². The monoisotopic (exact) mass is 297 g/mol. The van der Waals surface area contributed by atoms with Gasteiger partial charge in [0.2, 0.25) is 5.91 Å². The Bertz CT molecular complexity index is 497. The predicted molar refractivity (Wildman–Crippen MR) is 78.7 cm³/mol. The molecule has 1 N–H and O–H groups in total.